The van der Waals surface area contributed by atoms with Crippen molar-refractivity contribution in [2.75, 3.05) is 6.54 Å². The van der Waals surface area contributed by atoms with E-state index in [0.717, 1.165) is 0 Å². The van der Waals surface area contributed by atoms with Crippen molar-refractivity contribution in [1.29, 1.82) is 0 Å². The molecule has 0 N–H and O–H groups in total. The number of nitro groups is 1. The second-order valence-corrected chi connectivity index (χ2v) is 6.50. The fourth-order valence-corrected chi connectivity index (χ4v) is 1.20. The first-order chi connectivity index (χ1) is 7.29. The summed E-state index contributed by atoms with van der Waals surface area (Å²) in [6.45, 7) is 11.9. The number of carbonyl (C=O) groups excluding carboxylic acids is 1. The van der Waals surface area contributed by atoms with E-state index in [0.29, 0.717) is 0 Å². The molecule has 0 radical (unpaired) electrons. The predicted molar refractivity (Wildman–Crippen MR) is 65.3 cm³/mol. The molecule has 0 aromatic heterocycles. The molecule has 0 aliphatic carbocycles. The molecule has 0 spiro atoms. The first-order valence-electron chi connectivity index (χ1n) is 5.65. The lowest BCUT2D eigenvalue weighted by Crippen LogP contribution is -2.46. The Bertz CT molecular complexity index is 313. The van der Waals surface area contributed by atoms with Crippen LogP contribution in [0.4, 0.5) is 0 Å². The lowest BCUT2D eigenvalue weighted by molar-refractivity contribution is -0.499. The normalized spacial score (nSPS) is 13.4. The summed E-state index contributed by atoms with van der Waals surface area (Å²) in [5.74, 6) is -0.406. The maximum atomic E-state index is 12.1. The molecular formula is C12H23NO4. The van der Waals surface area contributed by atoms with E-state index in [9.17, 15) is 14.9 Å². The van der Waals surface area contributed by atoms with Crippen molar-refractivity contribution in [3.05, 3.63) is 10.1 Å². The molecule has 0 saturated carbocycles. The minimum atomic E-state index is -0.909. The number of nitrogens with zero attached hydrogens (tertiary/aromatic N) is 1. The van der Waals surface area contributed by atoms with E-state index in [4.69, 9.17) is 4.74 Å². The lowest BCUT2D eigenvalue weighted by Gasteiger charge is -2.38. The summed E-state index contributed by atoms with van der Waals surface area (Å²) in [7, 11) is 0. The maximum Gasteiger partial charge on any atom is 0.312 e. The summed E-state index contributed by atoms with van der Waals surface area (Å²) in [4.78, 5) is 22.3. The van der Waals surface area contributed by atoms with Gasteiger partial charge >= 0.3 is 5.97 Å². The minimum Gasteiger partial charge on any atom is -0.460 e. The number of ether oxygens (including phenoxy) is 1. The van der Waals surface area contributed by atoms with Crippen LogP contribution in [0.5, 0.6) is 0 Å². The summed E-state index contributed by atoms with van der Waals surface area (Å²) in [5.41, 5.74) is -2.26. The third-order valence-electron chi connectivity index (χ3n) is 3.13. The number of rotatable bonds is 4. The number of carbonyl (C=O) groups is 1. The van der Waals surface area contributed by atoms with Gasteiger partial charge in [0.2, 0.25) is 6.54 Å². The molecule has 0 rings (SSSR count). The van der Waals surface area contributed by atoms with E-state index < -0.39 is 27.3 Å². The second-order valence-electron chi connectivity index (χ2n) is 6.50. The zero-order valence-electron chi connectivity index (χ0n) is 11.8. The van der Waals surface area contributed by atoms with Crippen molar-refractivity contribution < 1.29 is 14.5 Å². The van der Waals surface area contributed by atoms with Crippen LogP contribution in [-0.4, -0.2) is 23.0 Å². The average molecular weight is 245 g/mol. The Kier molecular flexibility index (Phi) is 4.32. The third-order valence-corrected chi connectivity index (χ3v) is 3.13. The van der Waals surface area contributed by atoms with Crippen LogP contribution >= 0.6 is 0 Å². The fourth-order valence-electron chi connectivity index (χ4n) is 1.20. The SMILES string of the molecule is CC(C)(C)OC(=O)C(C)(C)C(C)(C)C[N+](=O)[O-]. The summed E-state index contributed by atoms with van der Waals surface area (Å²) in [5, 5.41) is 10.6. The zero-order valence-corrected chi connectivity index (χ0v) is 11.8. The summed E-state index contributed by atoms with van der Waals surface area (Å²) in [6.07, 6.45) is 0. The highest BCUT2D eigenvalue weighted by Crippen LogP contribution is 2.40. The van der Waals surface area contributed by atoms with Crippen molar-refractivity contribution in [3.63, 3.8) is 0 Å². The molecule has 0 aliphatic rings. The summed E-state index contributed by atoms with van der Waals surface area (Å²) in [6, 6.07) is 0. The number of hydrogen-bond acceptors (Lipinski definition) is 4. The van der Waals surface area contributed by atoms with Gasteiger partial charge in [0.25, 0.3) is 0 Å². The molecule has 0 saturated heterocycles. The van der Waals surface area contributed by atoms with Gasteiger partial charge in [-0.05, 0) is 34.6 Å². The van der Waals surface area contributed by atoms with E-state index in [-0.39, 0.29) is 6.54 Å². The van der Waals surface area contributed by atoms with Gasteiger partial charge in [-0.1, -0.05) is 13.8 Å². The van der Waals surface area contributed by atoms with Gasteiger partial charge in [-0.2, -0.15) is 0 Å². The van der Waals surface area contributed by atoms with Crippen LogP contribution in [0.1, 0.15) is 48.5 Å². The van der Waals surface area contributed by atoms with Crippen LogP contribution in [0, 0.1) is 20.9 Å². The third kappa shape index (κ3) is 4.32. The van der Waals surface area contributed by atoms with E-state index in [1.54, 1.807) is 48.5 Å². The molecule has 0 amide bonds. The summed E-state index contributed by atoms with van der Waals surface area (Å²) < 4.78 is 5.31. The second kappa shape index (κ2) is 4.63. The molecule has 0 fully saturated rings. The predicted octanol–water partition coefficient (Wildman–Crippen LogP) is 2.66. The fraction of sp³-hybridized carbons (Fsp3) is 0.917. The highest BCUT2D eigenvalue weighted by Gasteiger charge is 2.48. The van der Waals surface area contributed by atoms with Gasteiger partial charge in [0, 0.05) is 10.3 Å². The Labute approximate surface area is 103 Å². The van der Waals surface area contributed by atoms with Gasteiger partial charge in [0.1, 0.15) is 5.60 Å². The van der Waals surface area contributed by atoms with Gasteiger partial charge in [-0.15, -0.1) is 0 Å². The first kappa shape index (κ1) is 15.9. The van der Waals surface area contributed by atoms with E-state index in [1.807, 2.05) is 0 Å². The van der Waals surface area contributed by atoms with E-state index in [1.165, 1.54) is 0 Å². The average Bonchev–Trinajstić information content (AvgIpc) is 1.97. The van der Waals surface area contributed by atoms with Crippen molar-refractivity contribution >= 4 is 5.97 Å². The number of esters is 1. The van der Waals surface area contributed by atoms with Crippen LogP contribution < -0.4 is 0 Å². The quantitative estimate of drug-likeness (QED) is 0.433. The molecule has 0 heterocycles. The molecule has 17 heavy (non-hydrogen) atoms. The van der Waals surface area contributed by atoms with Crippen LogP contribution in [-0.2, 0) is 9.53 Å². The van der Waals surface area contributed by atoms with Gasteiger partial charge in [-0.25, -0.2) is 0 Å². The Morgan fingerprint density at radius 3 is 1.82 bits per heavy atom. The van der Waals surface area contributed by atoms with Crippen molar-refractivity contribution in [2.45, 2.75) is 54.1 Å². The minimum absolute atomic E-state index is 0.265. The van der Waals surface area contributed by atoms with Gasteiger partial charge in [0.05, 0.1) is 5.41 Å². The molecule has 0 aliphatic heterocycles. The smallest absolute Gasteiger partial charge is 0.312 e. The monoisotopic (exact) mass is 245 g/mol. The molecule has 0 aromatic rings. The van der Waals surface area contributed by atoms with Gasteiger partial charge < -0.3 is 4.74 Å². The molecule has 5 nitrogen and oxygen atoms in total. The van der Waals surface area contributed by atoms with E-state index in [2.05, 4.69) is 0 Å². The van der Waals surface area contributed by atoms with Crippen LogP contribution in [0.25, 0.3) is 0 Å². The molecule has 0 unspecified atom stereocenters. The molecular weight excluding hydrogens is 222 g/mol. The van der Waals surface area contributed by atoms with Crippen molar-refractivity contribution in [1.82, 2.24) is 0 Å². The largest absolute Gasteiger partial charge is 0.460 e. The first-order valence-corrected chi connectivity index (χ1v) is 5.65. The van der Waals surface area contributed by atoms with Crippen LogP contribution in [0.3, 0.4) is 0 Å². The Morgan fingerprint density at radius 1 is 1.12 bits per heavy atom. The van der Waals surface area contributed by atoms with Gasteiger partial charge in [0.15, 0.2) is 0 Å². The maximum absolute atomic E-state index is 12.1. The Balaban J connectivity index is 4.99. The molecule has 5 heteroatoms. The molecule has 100 valence electrons. The molecule has 0 aromatic carbocycles. The number of hydrogen-bond donors (Lipinski definition) is 0. The van der Waals surface area contributed by atoms with Crippen LogP contribution in [0.15, 0.2) is 0 Å². The topological polar surface area (TPSA) is 69.4 Å². The van der Waals surface area contributed by atoms with Crippen molar-refractivity contribution in [3.8, 4) is 0 Å². The van der Waals surface area contributed by atoms with Crippen LogP contribution in [0.2, 0.25) is 0 Å². The highest BCUT2D eigenvalue weighted by molar-refractivity contribution is 5.77. The lowest BCUT2D eigenvalue weighted by atomic mass is 9.68. The zero-order chi connectivity index (χ0) is 14.1. The van der Waals surface area contributed by atoms with Crippen molar-refractivity contribution in [2.24, 2.45) is 10.8 Å². The molecule has 0 atom stereocenters. The Hall–Kier alpha value is -1.13. The summed E-state index contributed by atoms with van der Waals surface area (Å²) >= 11 is 0. The molecule has 0 bridgehead atoms. The van der Waals surface area contributed by atoms with E-state index >= 15 is 0 Å². The van der Waals surface area contributed by atoms with Gasteiger partial charge in [-0.3, -0.25) is 14.9 Å². The standard InChI is InChI=1S/C12H23NO4/c1-10(2,3)17-9(14)12(6,7)11(4,5)8-13(15)16/h8H2,1-7H3. The Morgan fingerprint density at radius 2 is 1.53 bits per heavy atom. The highest BCUT2D eigenvalue weighted by atomic mass is 16.6.